The van der Waals surface area contributed by atoms with Crippen LogP contribution in [0.4, 0.5) is 0 Å². The van der Waals surface area contributed by atoms with Gasteiger partial charge in [0.25, 0.3) is 0 Å². The first-order chi connectivity index (χ1) is 6.68. The van der Waals surface area contributed by atoms with Crippen LogP contribution >= 0.6 is 0 Å². The number of hydrogen-bond acceptors (Lipinski definition) is 2. The van der Waals surface area contributed by atoms with E-state index in [0.29, 0.717) is 30.3 Å². The first kappa shape index (κ1) is 9.97. The maximum absolute atomic E-state index is 10.7. The van der Waals surface area contributed by atoms with E-state index in [1.807, 2.05) is 0 Å². The molecule has 4 atom stereocenters. The summed E-state index contributed by atoms with van der Waals surface area (Å²) in [6.45, 7) is 3.01. The van der Waals surface area contributed by atoms with E-state index >= 15 is 0 Å². The number of carboxylic acid groups (broad SMARTS) is 1. The number of fused-ring (bicyclic) bond motifs is 1. The Labute approximate surface area is 84.4 Å². The van der Waals surface area contributed by atoms with Crippen molar-refractivity contribution in [1.29, 1.82) is 0 Å². The molecule has 0 aromatic rings. The van der Waals surface area contributed by atoms with Crippen molar-refractivity contribution in [2.45, 2.75) is 38.7 Å². The Bertz CT molecular complexity index is 225. The van der Waals surface area contributed by atoms with Crippen LogP contribution in [0.25, 0.3) is 0 Å². The zero-order chi connectivity index (χ0) is 10.1. The first-order valence-electron chi connectivity index (χ1n) is 5.52. The van der Waals surface area contributed by atoms with Gasteiger partial charge < -0.3 is 9.84 Å². The predicted molar refractivity (Wildman–Crippen MR) is 52.0 cm³/mol. The maximum atomic E-state index is 10.7. The summed E-state index contributed by atoms with van der Waals surface area (Å²) < 4.78 is 5.69. The van der Waals surface area contributed by atoms with E-state index in [-0.39, 0.29) is 0 Å². The molecule has 14 heavy (non-hydrogen) atoms. The molecule has 2 aliphatic rings. The van der Waals surface area contributed by atoms with E-state index in [1.165, 1.54) is 0 Å². The fourth-order valence-corrected chi connectivity index (χ4v) is 3.14. The van der Waals surface area contributed by atoms with Gasteiger partial charge in [0.2, 0.25) is 0 Å². The molecule has 1 saturated carbocycles. The SMILES string of the molecule is C[C@@H]1CO[C@@H]2CCC[C@@H](CC(=O)O)[C@@H]12. The van der Waals surface area contributed by atoms with Crippen LogP contribution in [0.5, 0.6) is 0 Å². The Morgan fingerprint density at radius 3 is 3.00 bits per heavy atom. The molecule has 80 valence electrons. The molecule has 2 fully saturated rings. The van der Waals surface area contributed by atoms with Gasteiger partial charge in [-0.2, -0.15) is 0 Å². The van der Waals surface area contributed by atoms with Crippen LogP contribution in [-0.2, 0) is 9.53 Å². The van der Waals surface area contributed by atoms with Crippen molar-refractivity contribution in [2.24, 2.45) is 17.8 Å². The Kier molecular flexibility index (Phi) is 2.77. The Hall–Kier alpha value is -0.570. The minimum absolute atomic E-state index is 0.328. The van der Waals surface area contributed by atoms with Crippen LogP contribution in [0.1, 0.15) is 32.6 Å². The van der Waals surface area contributed by atoms with Gasteiger partial charge in [0.05, 0.1) is 6.10 Å². The summed E-state index contributed by atoms with van der Waals surface area (Å²) in [5, 5.41) is 8.83. The second-order valence-corrected chi connectivity index (χ2v) is 4.72. The second kappa shape index (κ2) is 3.89. The molecule has 0 amide bonds. The lowest BCUT2D eigenvalue weighted by atomic mass is 9.72. The molecule has 1 heterocycles. The standard InChI is InChI=1S/C11H18O3/c1-7-6-14-9-4-2-3-8(11(7)9)5-10(12)13/h7-9,11H,2-6H2,1H3,(H,12,13)/t7-,8+,9-,11-/m1/s1. The molecular formula is C11H18O3. The van der Waals surface area contributed by atoms with Gasteiger partial charge in [-0.3, -0.25) is 4.79 Å². The van der Waals surface area contributed by atoms with E-state index in [0.717, 1.165) is 25.9 Å². The summed E-state index contributed by atoms with van der Waals surface area (Å²) in [5.41, 5.74) is 0. The van der Waals surface area contributed by atoms with Gasteiger partial charge in [0.15, 0.2) is 0 Å². The van der Waals surface area contributed by atoms with E-state index in [9.17, 15) is 4.79 Å². The molecule has 0 radical (unpaired) electrons. The molecule has 3 heteroatoms. The third-order valence-corrected chi connectivity index (χ3v) is 3.70. The van der Waals surface area contributed by atoms with Gasteiger partial charge in [0, 0.05) is 13.0 Å². The van der Waals surface area contributed by atoms with Crippen molar-refractivity contribution >= 4 is 5.97 Å². The van der Waals surface area contributed by atoms with Crippen molar-refractivity contribution in [3.8, 4) is 0 Å². The number of ether oxygens (including phenoxy) is 1. The summed E-state index contributed by atoms with van der Waals surface area (Å²) in [7, 11) is 0. The summed E-state index contributed by atoms with van der Waals surface area (Å²) >= 11 is 0. The van der Waals surface area contributed by atoms with E-state index in [1.54, 1.807) is 0 Å². The van der Waals surface area contributed by atoms with Crippen LogP contribution in [0.15, 0.2) is 0 Å². The lowest BCUT2D eigenvalue weighted by Gasteiger charge is -2.33. The van der Waals surface area contributed by atoms with E-state index < -0.39 is 5.97 Å². The largest absolute Gasteiger partial charge is 0.481 e. The van der Waals surface area contributed by atoms with Crippen molar-refractivity contribution < 1.29 is 14.6 Å². The molecule has 0 bridgehead atoms. The Morgan fingerprint density at radius 1 is 1.50 bits per heavy atom. The summed E-state index contributed by atoms with van der Waals surface area (Å²) in [5.74, 6) is 0.739. The summed E-state index contributed by atoms with van der Waals surface area (Å²) in [4.78, 5) is 10.7. The van der Waals surface area contributed by atoms with E-state index in [2.05, 4.69) is 6.92 Å². The monoisotopic (exact) mass is 198 g/mol. The molecule has 1 aliphatic carbocycles. The molecule has 0 aromatic carbocycles. The quantitative estimate of drug-likeness (QED) is 0.737. The van der Waals surface area contributed by atoms with Crippen molar-refractivity contribution in [3.05, 3.63) is 0 Å². The predicted octanol–water partition coefficient (Wildman–Crippen LogP) is 1.91. The number of hydrogen-bond donors (Lipinski definition) is 1. The molecular weight excluding hydrogens is 180 g/mol. The Balaban J connectivity index is 2.04. The number of aliphatic carboxylic acids is 1. The van der Waals surface area contributed by atoms with E-state index in [4.69, 9.17) is 9.84 Å². The average Bonchev–Trinajstić information content (AvgIpc) is 2.48. The van der Waals surface area contributed by atoms with Crippen molar-refractivity contribution in [1.82, 2.24) is 0 Å². The number of rotatable bonds is 2. The van der Waals surface area contributed by atoms with Crippen LogP contribution in [0.3, 0.4) is 0 Å². The molecule has 2 rings (SSSR count). The topological polar surface area (TPSA) is 46.5 Å². The highest BCUT2D eigenvalue weighted by molar-refractivity contribution is 5.67. The fraction of sp³-hybridized carbons (Fsp3) is 0.909. The second-order valence-electron chi connectivity index (χ2n) is 4.72. The lowest BCUT2D eigenvalue weighted by Crippen LogP contribution is -2.33. The molecule has 0 unspecified atom stereocenters. The number of carboxylic acids is 1. The number of carbonyl (C=O) groups is 1. The smallest absolute Gasteiger partial charge is 0.303 e. The normalized spacial score (nSPS) is 42.1. The minimum Gasteiger partial charge on any atom is -0.481 e. The van der Waals surface area contributed by atoms with Crippen molar-refractivity contribution in [3.63, 3.8) is 0 Å². The third-order valence-electron chi connectivity index (χ3n) is 3.70. The van der Waals surface area contributed by atoms with Gasteiger partial charge in [-0.25, -0.2) is 0 Å². The summed E-state index contributed by atoms with van der Waals surface area (Å²) in [6.07, 6.45) is 4.01. The molecule has 3 nitrogen and oxygen atoms in total. The van der Waals surface area contributed by atoms with Crippen LogP contribution < -0.4 is 0 Å². The maximum Gasteiger partial charge on any atom is 0.303 e. The van der Waals surface area contributed by atoms with Gasteiger partial charge in [-0.1, -0.05) is 13.3 Å². The average molecular weight is 198 g/mol. The highest BCUT2D eigenvalue weighted by Crippen LogP contribution is 2.42. The molecule has 0 spiro atoms. The molecule has 1 aliphatic heterocycles. The Morgan fingerprint density at radius 2 is 2.29 bits per heavy atom. The molecule has 0 aromatic heterocycles. The lowest BCUT2D eigenvalue weighted by molar-refractivity contribution is -0.139. The molecule has 1 saturated heterocycles. The third kappa shape index (κ3) is 1.78. The zero-order valence-corrected chi connectivity index (χ0v) is 8.61. The fourth-order valence-electron chi connectivity index (χ4n) is 3.14. The van der Waals surface area contributed by atoms with Crippen LogP contribution in [0, 0.1) is 17.8 Å². The van der Waals surface area contributed by atoms with Gasteiger partial charge in [0.1, 0.15) is 0 Å². The zero-order valence-electron chi connectivity index (χ0n) is 8.61. The highest BCUT2D eigenvalue weighted by Gasteiger charge is 2.42. The summed E-state index contributed by atoms with van der Waals surface area (Å²) in [6, 6.07) is 0. The van der Waals surface area contributed by atoms with Gasteiger partial charge >= 0.3 is 5.97 Å². The molecule has 1 N–H and O–H groups in total. The first-order valence-corrected chi connectivity index (χ1v) is 5.52. The highest BCUT2D eigenvalue weighted by atomic mass is 16.5. The van der Waals surface area contributed by atoms with Gasteiger partial charge in [-0.05, 0) is 30.6 Å². The van der Waals surface area contributed by atoms with Crippen LogP contribution in [-0.4, -0.2) is 23.8 Å². The minimum atomic E-state index is -0.658. The van der Waals surface area contributed by atoms with Gasteiger partial charge in [-0.15, -0.1) is 0 Å². The van der Waals surface area contributed by atoms with Crippen molar-refractivity contribution in [2.75, 3.05) is 6.61 Å². The van der Waals surface area contributed by atoms with Crippen LogP contribution in [0.2, 0.25) is 0 Å².